The molecule has 0 amide bonds. The molecule has 0 aliphatic carbocycles. The van der Waals surface area contributed by atoms with E-state index >= 15 is 0 Å². The molecule has 3 atom stereocenters. The summed E-state index contributed by atoms with van der Waals surface area (Å²) in [6.07, 6.45) is -1.92. The van der Waals surface area contributed by atoms with E-state index in [9.17, 15) is 23.5 Å². The summed E-state index contributed by atoms with van der Waals surface area (Å²) in [5.41, 5.74) is -1.68. The number of hydrogen-bond acceptors (Lipinski definition) is 6. The quantitative estimate of drug-likeness (QED) is 0.786. The molecular weight excluding hydrogens is 378 g/mol. The number of hydrogen-bond donors (Lipinski definition) is 1. The van der Waals surface area contributed by atoms with Crippen molar-refractivity contribution in [2.75, 3.05) is 6.61 Å². The van der Waals surface area contributed by atoms with Crippen LogP contribution in [0, 0.1) is 0 Å². The zero-order chi connectivity index (χ0) is 19.4. The maximum atomic E-state index is 14.3. The number of carbonyl (C=O) groups is 2. The predicted octanol–water partition coefficient (Wildman–Crippen LogP) is 3.14. The fourth-order valence-corrected chi connectivity index (χ4v) is 3.74. The van der Waals surface area contributed by atoms with Crippen molar-refractivity contribution >= 4 is 23.7 Å². The summed E-state index contributed by atoms with van der Waals surface area (Å²) in [4.78, 5) is 24.2. The summed E-state index contributed by atoms with van der Waals surface area (Å²) in [6, 6.07) is 15.8. The van der Waals surface area contributed by atoms with Gasteiger partial charge in [0.25, 0.3) is 0 Å². The van der Waals surface area contributed by atoms with E-state index < -0.39 is 41.3 Å². The minimum Gasteiger partial charge on any atom is -0.461 e. The molecule has 142 valence electrons. The molecule has 0 radical (unpaired) electrons. The highest BCUT2D eigenvalue weighted by Crippen LogP contribution is 2.46. The van der Waals surface area contributed by atoms with Gasteiger partial charge in [-0.2, -0.15) is 8.78 Å². The lowest BCUT2D eigenvalue weighted by Crippen LogP contribution is -2.44. The van der Waals surface area contributed by atoms with Gasteiger partial charge in [0.2, 0.25) is 0 Å². The highest BCUT2D eigenvalue weighted by atomic mass is 32.2. The largest absolute Gasteiger partial charge is 0.461 e. The van der Waals surface area contributed by atoms with Crippen LogP contribution < -0.4 is 0 Å². The molecule has 1 fully saturated rings. The third-order valence-electron chi connectivity index (χ3n) is 3.98. The number of ether oxygens (including phenoxy) is 2. The minimum absolute atomic E-state index is 0.111. The van der Waals surface area contributed by atoms with Gasteiger partial charge in [-0.1, -0.05) is 36.4 Å². The molecule has 2 aromatic carbocycles. The van der Waals surface area contributed by atoms with Crippen LogP contribution in [0.2, 0.25) is 0 Å². The monoisotopic (exact) mass is 394 g/mol. The zero-order valence-electron chi connectivity index (χ0n) is 14.0. The fourth-order valence-electron chi connectivity index (χ4n) is 2.57. The molecule has 1 saturated heterocycles. The maximum Gasteiger partial charge on any atom is 0.338 e. The molecule has 0 bridgehead atoms. The molecule has 1 aliphatic heterocycles. The predicted molar refractivity (Wildman–Crippen MR) is 94.7 cm³/mol. The second kappa shape index (κ2) is 8.06. The molecule has 5 nitrogen and oxygen atoms in total. The minimum atomic E-state index is -3.67. The van der Waals surface area contributed by atoms with Crippen LogP contribution in [0.5, 0.6) is 0 Å². The molecule has 0 saturated carbocycles. The zero-order valence-corrected chi connectivity index (χ0v) is 14.8. The van der Waals surface area contributed by atoms with Crippen LogP contribution in [0.4, 0.5) is 8.78 Å². The van der Waals surface area contributed by atoms with E-state index in [1.54, 1.807) is 36.4 Å². The molecule has 2 aromatic rings. The van der Waals surface area contributed by atoms with Gasteiger partial charge < -0.3 is 14.6 Å². The standard InChI is InChI=1S/C19H16F2O5S/c20-19(21)15(26-17(23)13-9-5-2-6-10-13)14(27-18(19)24)11-25-16(22)12-7-3-1-4-8-12/h1-10,14-15,18,24H,11H2/t14-,15-,18?/m1/s1. The highest BCUT2D eigenvalue weighted by molar-refractivity contribution is 8.00. The van der Waals surface area contributed by atoms with Gasteiger partial charge in [0.1, 0.15) is 6.61 Å². The Hall–Kier alpha value is -2.45. The molecule has 1 heterocycles. The van der Waals surface area contributed by atoms with Crippen molar-refractivity contribution in [1.29, 1.82) is 0 Å². The van der Waals surface area contributed by atoms with Gasteiger partial charge in [-0.3, -0.25) is 0 Å². The van der Waals surface area contributed by atoms with Crippen molar-refractivity contribution in [3.63, 3.8) is 0 Å². The normalized spacial score (nSPS) is 23.6. The number of aliphatic hydroxyl groups excluding tert-OH is 1. The van der Waals surface area contributed by atoms with E-state index in [1.165, 1.54) is 24.3 Å². The van der Waals surface area contributed by atoms with Crippen molar-refractivity contribution in [2.24, 2.45) is 0 Å². The van der Waals surface area contributed by atoms with Gasteiger partial charge in [-0.25, -0.2) is 9.59 Å². The molecule has 3 rings (SSSR count). The van der Waals surface area contributed by atoms with E-state index in [2.05, 4.69) is 0 Å². The van der Waals surface area contributed by atoms with Crippen molar-refractivity contribution in [3.8, 4) is 0 Å². The SMILES string of the molecule is O=C(OC[C@H]1SC(O)C(F)(F)[C@@H]1OC(=O)c1ccccc1)c1ccccc1. The number of esters is 2. The van der Waals surface area contributed by atoms with Gasteiger partial charge in [-0.05, 0) is 24.3 Å². The molecular formula is C19H16F2O5S. The first-order valence-electron chi connectivity index (χ1n) is 8.09. The first-order chi connectivity index (χ1) is 12.9. The van der Waals surface area contributed by atoms with Crippen LogP contribution in [-0.4, -0.2) is 46.4 Å². The Balaban J connectivity index is 1.69. The smallest absolute Gasteiger partial charge is 0.338 e. The number of alkyl halides is 2. The summed E-state index contributed by atoms with van der Waals surface area (Å²) in [5.74, 6) is -5.29. The van der Waals surface area contributed by atoms with Gasteiger partial charge in [-0.15, -0.1) is 11.8 Å². The Morgan fingerprint density at radius 1 is 0.963 bits per heavy atom. The summed E-state index contributed by atoms with van der Waals surface area (Å²) >= 11 is 0.506. The summed E-state index contributed by atoms with van der Waals surface area (Å²) in [6.45, 7) is -0.433. The van der Waals surface area contributed by atoms with Gasteiger partial charge in [0.15, 0.2) is 11.5 Å². The number of thioether (sulfide) groups is 1. The van der Waals surface area contributed by atoms with Crippen molar-refractivity contribution in [1.82, 2.24) is 0 Å². The highest BCUT2D eigenvalue weighted by Gasteiger charge is 2.60. The number of rotatable bonds is 5. The van der Waals surface area contributed by atoms with E-state index in [0.717, 1.165) is 0 Å². The molecule has 1 unspecified atom stereocenters. The van der Waals surface area contributed by atoms with E-state index in [0.29, 0.717) is 11.8 Å². The van der Waals surface area contributed by atoms with E-state index in [1.807, 2.05) is 0 Å². The van der Waals surface area contributed by atoms with Gasteiger partial charge in [0.05, 0.1) is 16.4 Å². The van der Waals surface area contributed by atoms with E-state index in [-0.39, 0.29) is 11.1 Å². The Bertz CT molecular complexity index is 800. The lowest BCUT2D eigenvalue weighted by molar-refractivity contribution is -0.142. The summed E-state index contributed by atoms with van der Waals surface area (Å²) in [5, 5.41) is 8.54. The molecule has 1 N–H and O–H groups in total. The van der Waals surface area contributed by atoms with Crippen molar-refractivity contribution in [3.05, 3.63) is 71.8 Å². The van der Waals surface area contributed by atoms with Crippen LogP contribution in [-0.2, 0) is 9.47 Å². The topological polar surface area (TPSA) is 72.8 Å². The molecule has 8 heteroatoms. The van der Waals surface area contributed by atoms with E-state index in [4.69, 9.17) is 9.47 Å². The second-order valence-corrected chi connectivity index (χ2v) is 7.18. The van der Waals surface area contributed by atoms with Crippen LogP contribution >= 0.6 is 11.8 Å². The Labute approximate surface area is 158 Å². The first-order valence-corrected chi connectivity index (χ1v) is 9.03. The molecule has 1 aliphatic rings. The number of carbonyl (C=O) groups excluding carboxylic acids is 2. The maximum absolute atomic E-state index is 14.3. The molecule has 27 heavy (non-hydrogen) atoms. The van der Waals surface area contributed by atoms with Gasteiger partial charge in [0, 0.05) is 0 Å². The van der Waals surface area contributed by atoms with Crippen LogP contribution in [0.3, 0.4) is 0 Å². The number of halogens is 2. The van der Waals surface area contributed by atoms with Crippen molar-refractivity contribution in [2.45, 2.75) is 22.7 Å². The van der Waals surface area contributed by atoms with Crippen molar-refractivity contribution < 1.29 is 33.0 Å². The average molecular weight is 394 g/mol. The van der Waals surface area contributed by atoms with Gasteiger partial charge >= 0.3 is 17.9 Å². The number of aliphatic hydroxyl groups is 1. The Morgan fingerprint density at radius 2 is 1.48 bits per heavy atom. The Morgan fingerprint density at radius 3 is 2.04 bits per heavy atom. The second-order valence-electron chi connectivity index (χ2n) is 5.86. The Kier molecular flexibility index (Phi) is 5.76. The third-order valence-corrected chi connectivity index (χ3v) is 5.29. The molecule has 0 aromatic heterocycles. The molecule has 0 spiro atoms. The third kappa shape index (κ3) is 4.28. The first kappa shape index (κ1) is 19.3. The lowest BCUT2D eigenvalue weighted by atomic mass is 10.1. The fraction of sp³-hybridized carbons (Fsp3) is 0.263. The van der Waals surface area contributed by atoms with Crippen LogP contribution in [0.1, 0.15) is 20.7 Å². The van der Waals surface area contributed by atoms with Crippen LogP contribution in [0.15, 0.2) is 60.7 Å². The summed E-state index contributed by atoms with van der Waals surface area (Å²) < 4.78 is 38.6. The average Bonchev–Trinajstić information content (AvgIpc) is 2.90. The lowest BCUT2D eigenvalue weighted by Gasteiger charge is -2.24. The number of benzene rings is 2. The van der Waals surface area contributed by atoms with Crippen LogP contribution in [0.25, 0.3) is 0 Å². The summed E-state index contributed by atoms with van der Waals surface area (Å²) in [7, 11) is 0.